The number of hydrogen-bond donors (Lipinski definition) is 1. The van der Waals surface area contributed by atoms with Gasteiger partial charge >= 0.3 is 11.9 Å². The Kier molecular flexibility index (Phi) is 3.72. The van der Waals surface area contributed by atoms with E-state index in [4.69, 9.17) is 22.1 Å². The second-order valence-corrected chi connectivity index (χ2v) is 5.59. The molecular formula is C15H13ClN2O4. The number of nitrogens with two attached hydrogens (primary N) is 1. The van der Waals surface area contributed by atoms with Crippen molar-refractivity contribution in [2.45, 2.75) is 24.9 Å². The van der Waals surface area contributed by atoms with E-state index < -0.39 is 18.0 Å². The predicted octanol–water partition coefficient (Wildman–Crippen LogP) is 1.15. The molecule has 2 N–H and O–H groups in total. The van der Waals surface area contributed by atoms with Crippen LogP contribution in [0.2, 0.25) is 0 Å². The highest BCUT2D eigenvalue weighted by Gasteiger charge is 2.51. The standard InChI is InChI=1S/C15H13ClN2O4/c16-9-6-7-10-11(17)13(19)18(10)12(9)15(21)22-14(20)8-4-2-1-3-5-8/h1-5,10-11H,6-7,17H2. The maximum Gasteiger partial charge on any atom is 0.364 e. The molecular weight excluding hydrogens is 308 g/mol. The van der Waals surface area contributed by atoms with Gasteiger partial charge in [-0.1, -0.05) is 29.8 Å². The summed E-state index contributed by atoms with van der Waals surface area (Å²) in [5, 5.41) is 0.211. The summed E-state index contributed by atoms with van der Waals surface area (Å²) in [6, 6.07) is 7.22. The molecule has 2 unspecified atom stereocenters. The van der Waals surface area contributed by atoms with Gasteiger partial charge in [0.1, 0.15) is 11.7 Å². The van der Waals surface area contributed by atoms with E-state index in [-0.39, 0.29) is 28.2 Å². The molecule has 2 aliphatic heterocycles. The summed E-state index contributed by atoms with van der Waals surface area (Å²) in [7, 11) is 0. The van der Waals surface area contributed by atoms with E-state index in [0.29, 0.717) is 12.8 Å². The van der Waals surface area contributed by atoms with Gasteiger partial charge < -0.3 is 10.5 Å². The third-order valence-electron chi connectivity index (χ3n) is 3.81. The third kappa shape index (κ3) is 2.30. The van der Waals surface area contributed by atoms with Gasteiger partial charge in [-0.2, -0.15) is 0 Å². The highest BCUT2D eigenvalue weighted by molar-refractivity contribution is 6.32. The Morgan fingerprint density at radius 3 is 2.59 bits per heavy atom. The van der Waals surface area contributed by atoms with Gasteiger partial charge in [-0.05, 0) is 25.0 Å². The Labute approximate surface area is 131 Å². The van der Waals surface area contributed by atoms with Crippen LogP contribution in [-0.2, 0) is 14.3 Å². The fourth-order valence-electron chi connectivity index (χ4n) is 2.65. The van der Waals surface area contributed by atoms with E-state index in [0.717, 1.165) is 0 Å². The van der Waals surface area contributed by atoms with Crippen LogP contribution in [0.4, 0.5) is 0 Å². The van der Waals surface area contributed by atoms with Crippen LogP contribution in [-0.4, -0.2) is 34.8 Å². The molecule has 2 aliphatic rings. The number of allylic oxidation sites excluding steroid dienone is 1. The number of esters is 2. The van der Waals surface area contributed by atoms with E-state index in [1.807, 2.05) is 0 Å². The van der Waals surface area contributed by atoms with Crippen molar-refractivity contribution >= 4 is 29.4 Å². The average molecular weight is 321 g/mol. The number of carbonyl (C=O) groups excluding carboxylic acids is 3. The minimum atomic E-state index is -0.927. The highest BCUT2D eigenvalue weighted by Crippen LogP contribution is 2.37. The number of rotatable bonds is 2. The maximum absolute atomic E-state index is 12.2. The molecule has 22 heavy (non-hydrogen) atoms. The van der Waals surface area contributed by atoms with Gasteiger partial charge in [0.15, 0.2) is 0 Å². The number of fused-ring (bicyclic) bond motifs is 1. The second-order valence-electron chi connectivity index (χ2n) is 5.14. The minimum absolute atomic E-state index is 0.0751. The molecule has 0 spiro atoms. The first kappa shape index (κ1) is 14.7. The summed E-state index contributed by atoms with van der Waals surface area (Å²) in [5.41, 5.74) is 5.87. The lowest BCUT2D eigenvalue weighted by molar-refractivity contribution is -0.152. The Balaban J connectivity index is 1.79. The molecule has 0 saturated carbocycles. The molecule has 114 valence electrons. The Morgan fingerprint density at radius 2 is 1.91 bits per heavy atom. The molecule has 3 rings (SSSR count). The average Bonchev–Trinajstić information content (AvgIpc) is 2.54. The van der Waals surface area contributed by atoms with Crippen molar-refractivity contribution in [1.29, 1.82) is 0 Å². The lowest BCUT2D eigenvalue weighted by Gasteiger charge is -2.48. The minimum Gasteiger partial charge on any atom is -0.385 e. The van der Waals surface area contributed by atoms with Crippen molar-refractivity contribution in [2.24, 2.45) is 5.73 Å². The summed E-state index contributed by atoms with van der Waals surface area (Å²) in [6.07, 6.45) is 1.02. The number of halogens is 1. The van der Waals surface area contributed by atoms with E-state index in [9.17, 15) is 14.4 Å². The summed E-state index contributed by atoms with van der Waals surface area (Å²) in [6.45, 7) is 0. The van der Waals surface area contributed by atoms with Crippen LogP contribution in [0.1, 0.15) is 23.2 Å². The number of β-lactam (4-membered cyclic amide) rings is 1. The van der Waals surface area contributed by atoms with Crippen LogP contribution < -0.4 is 5.73 Å². The monoisotopic (exact) mass is 320 g/mol. The molecule has 1 amide bonds. The van der Waals surface area contributed by atoms with E-state index in [1.54, 1.807) is 18.2 Å². The first-order valence-corrected chi connectivity index (χ1v) is 7.17. The molecule has 1 fully saturated rings. The molecule has 1 saturated heterocycles. The van der Waals surface area contributed by atoms with Crippen LogP contribution in [0.5, 0.6) is 0 Å². The largest absolute Gasteiger partial charge is 0.385 e. The number of nitrogens with zero attached hydrogens (tertiary/aromatic N) is 1. The predicted molar refractivity (Wildman–Crippen MR) is 77.6 cm³/mol. The SMILES string of the molecule is NC1C(=O)N2C(C(=O)OC(=O)c3ccccc3)=C(Cl)CCC12. The summed E-state index contributed by atoms with van der Waals surface area (Å²) in [4.78, 5) is 37.2. The van der Waals surface area contributed by atoms with Crippen LogP contribution in [0.3, 0.4) is 0 Å². The molecule has 1 aromatic rings. The zero-order valence-corrected chi connectivity index (χ0v) is 12.2. The van der Waals surface area contributed by atoms with Crippen LogP contribution in [0.15, 0.2) is 41.1 Å². The molecule has 0 aromatic heterocycles. The van der Waals surface area contributed by atoms with Crippen LogP contribution in [0.25, 0.3) is 0 Å². The summed E-state index contributed by atoms with van der Waals surface area (Å²) >= 11 is 6.05. The number of carbonyl (C=O) groups is 3. The molecule has 0 bridgehead atoms. The van der Waals surface area contributed by atoms with Gasteiger partial charge in [-0.3, -0.25) is 9.69 Å². The number of ether oxygens (including phenoxy) is 1. The zero-order chi connectivity index (χ0) is 15.9. The summed E-state index contributed by atoms with van der Waals surface area (Å²) < 4.78 is 4.83. The van der Waals surface area contributed by atoms with Crippen molar-refractivity contribution < 1.29 is 19.1 Å². The topological polar surface area (TPSA) is 89.7 Å². The molecule has 6 nitrogen and oxygen atoms in total. The second kappa shape index (κ2) is 5.55. The van der Waals surface area contributed by atoms with Crippen molar-refractivity contribution in [3.05, 3.63) is 46.6 Å². The summed E-state index contributed by atoms with van der Waals surface area (Å²) in [5.74, 6) is -2.10. The molecule has 2 atom stereocenters. The Hall–Kier alpha value is -2.18. The lowest BCUT2D eigenvalue weighted by atomic mass is 9.87. The first-order valence-electron chi connectivity index (χ1n) is 6.79. The molecule has 2 heterocycles. The van der Waals surface area contributed by atoms with Crippen LogP contribution in [0, 0.1) is 0 Å². The van der Waals surface area contributed by atoms with Crippen LogP contribution >= 0.6 is 11.6 Å². The van der Waals surface area contributed by atoms with E-state index >= 15 is 0 Å². The normalized spacial score (nSPS) is 23.7. The van der Waals surface area contributed by atoms with Crippen molar-refractivity contribution in [3.8, 4) is 0 Å². The fraction of sp³-hybridized carbons (Fsp3) is 0.267. The molecule has 0 radical (unpaired) electrons. The zero-order valence-electron chi connectivity index (χ0n) is 11.5. The van der Waals surface area contributed by atoms with Gasteiger partial charge in [0.05, 0.1) is 11.6 Å². The number of benzene rings is 1. The number of amides is 1. The fourth-order valence-corrected chi connectivity index (χ4v) is 2.93. The van der Waals surface area contributed by atoms with Gasteiger partial charge in [0.25, 0.3) is 0 Å². The lowest BCUT2D eigenvalue weighted by Crippen LogP contribution is -2.69. The molecule has 0 aliphatic carbocycles. The first-order chi connectivity index (χ1) is 10.5. The van der Waals surface area contributed by atoms with E-state index in [2.05, 4.69) is 0 Å². The van der Waals surface area contributed by atoms with Gasteiger partial charge in [0, 0.05) is 5.03 Å². The number of hydrogen-bond acceptors (Lipinski definition) is 5. The molecule has 7 heteroatoms. The third-order valence-corrected chi connectivity index (χ3v) is 4.18. The van der Waals surface area contributed by atoms with Gasteiger partial charge in [-0.25, -0.2) is 9.59 Å². The smallest absolute Gasteiger partial charge is 0.364 e. The maximum atomic E-state index is 12.2. The molecule has 1 aromatic carbocycles. The van der Waals surface area contributed by atoms with Gasteiger partial charge in [0.2, 0.25) is 5.91 Å². The van der Waals surface area contributed by atoms with Gasteiger partial charge in [-0.15, -0.1) is 0 Å². The quantitative estimate of drug-likeness (QED) is 0.501. The highest BCUT2D eigenvalue weighted by atomic mass is 35.5. The van der Waals surface area contributed by atoms with Crippen molar-refractivity contribution in [1.82, 2.24) is 4.90 Å². The van der Waals surface area contributed by atoms with Crippen molar-refractivity contribution in [2.75, 3.05) is 0 Å². The Bertz CT molecular complexity index is 686. The Morgan fingerprint density at radius 1 is 1.23 bits per heavy atom. The van der Waals surface area contributed by atoms with Crippen molar-refractivity contribution in [3.63, 3.8) is 0 Å². The van der Waals surface area contributed by atoms with E-state index in [1.165, 1.54) is 17.0 Å².